The van der Waals surface area contributed by atoms with E-state index < -0.39 is 44.9 Å². The molecule has 32 heavy (non-hydrogen) atoms. The summed E-state index contributed by atoms with van der Waals surface area (Å²) in [6, 6.07) is 2.07. The molecule has 0 bridgehead atoms. The van der Waals surface area contributed by atoms with Crippen molar-refractivity contribution in [3.63, 3.8) is 0 Å². The summed E-state index contributed by atoms with van der Waals surface area (Å²) >= 11 is 0. The zero-order valence-electron chi connectivity index (χ0n) is 18.5. The zero-order chi connectivity index (χ0) is 24.1. The molecule has 2 amide bonds. The lowest BCUT2D eigenvalue weighted by atomic mass is 9.98. The lowest BCUT2D eigenvalue weighted by Gasteiger charge is -2.25. The number of aromatic nitrogens is 1. The number of amides is 2. The molecule has 1 aliphatic carbocycles. The number of hydrogen-bond acceptors (Lipinski definition) is 9. The van der Waals surface area contributed by atoms with Crippen molar-refractivity contribution in [3.05, 3.63) is 22.2 Å². The Balaban J connectivity index is 2.35. The fraction of sp³-hybridized carbons (Fsp3) is 0.632. The maximum Gasteiger partial charge on any atom is 0.408 e. The van der Waals surface area contributed by atoms with Crippen LogP contribution in [0.2, 0.25) is 0 Å². The zero-order valence-corrected chi connectivity index (χ0v) is 19.3. The average Bonchev–Trinajstić information content (AvgIpc) is 2.66. The Morgan fingerprint density at radius 3 is 2.41 bits per heavy atom. The van der Waals surface area contributed by atoms with Crippen LogP contribution in [-0.2, 0) is 19.6 Å². The van der Waals surface area contributed by atoms with E-state index in [4.69, 9.17) is 9.47 Å². The first-order valence-corrected chi connectivity index (χ1v) is 11.9. The second-order valence-electron chi connectivity index (χ2n) is 8.41. The van der Waals surface area contributed by atoms with Gasteiger partial charge in [-0.1, -0.05) is 6.42 Å². The molecule has 0 saturated heterocycles. The summed E-state index contributed by atoms with van der Waals surface area (Å²) < 4.78 is 36.2. The van der Waals surface area contributed by atoms with Crippen molar-refractivity contribution in [1.82, 2.24) is 10.3 Å². The molecule has 12 nitrogen and oxygen atoms in total. The minimum Gasteiger partial charge on any atom is -0.455 e. The van der Waals surface area contributed by atoms with Crippen LogP contribution in [0.4, 0.5) is 16.3 Å². The van der Waals surface area contributed by atoms with Gasteiger partial charge in [0, 0.05) is 11.1 Å². The maximum absolute atomic E-state index is 12.8. The van der Waals surface area contributed by atoms with Crippen LogP contribution in [0.3, 0.4) is 0 Å². The van der Waals surface area contributed by atoms with Crippen LogP contribution < -0.4 is 14.4 Å². The Kier molecular flexibility index (Phi) is 7.99. The Labute approximate surface area is 186 Å². The summed E-state index contributed by atoms with van der Waals surface area (Å²) in [5, 5.41) is 13.4. The number of ether oxygens (including phenoxy) is 2. The second-order valence-corrected chi connectivity index (χ2v) is 10.2. The molecule has 1 heterocycles. The van der Waals surface area contributed by atoms with Gasteiger partial charge in [-0.25, -0.2) is 13.2 Å². The summed E-state index contributed by atoms with van der Waals surface area (Å²) in [4.78, 5) is 38.9. The van der Waals surface area contributed by atoms with Gasteiger partial charge in [0.2, 0.25) is 10.0 Å². The third-order valence-corrected chi connectivity index (χ3v) is 5.47. The summed E-state index contributed by atoms with van der Waals surface area (Å²) in [6.45, 7) is 4.21. The van der Waals surface area contributed by atoms with E-state index in [1.165, 1.54) is 0 Å². The lowest BCUT2D eigenvalue weighted by Crippen LogP contribution is -2.44. The van der Waals surface area contributed by atoms with Crippen molar-refractivity contribution in [3.8, 4) is 5.88 Å². The van der Waals surface area contributed by atoms with E-state index >= 15 is 0 Å². The fourth-order valence-electron chi connectivity index (χ4n) is 3.14. The average molecular weight is 473 g/mol. The van der Waals surface area contributed by atoms with E-state index in [1.807, 2.05) is 0 Å². The smallest absolute Gasteiger partial charge is 0.408 e. The third-order valence-electron chi connectivity index (χ3n) is 4.40. The number of anilines is 1. The van der Waals surface area contributed by atoms with Gasteiger partial charge in [-0.15, -0.1) is 0 Å². The summed E-state index contributed by atoms with van der Waals surface area (Å²) in [5.74, 6) is -1.89. The molecule has 178 valence electrons. The predicted octanol–water partition coefficient (Wildman–Crippen LogP) is 2.52. The molecule has 0 aromatic carbocycles. The van der Waals surface area contributed by atoms with Crippen LogP contribution in [0.5, 0.6) is 5.88 Å². The van der Waals surface area contributed by atoms with Crippen LogP contribution in [-0.4, -0.2) is 54.8 Å². The third kappa shape index (κ3) is 7.32. The van der Waals surface area contributed by atoms with Crippen molar-refractivity contribution < 1.29 is 32.4 Å². The number of carbonyl (C=O) groups excluding carboxylic acids is 2. The molecule has 0 spiro atoms. The lowest BCUT2D eigenvalue weighted by molar-refractivity contribution is -0.389. The molecule has 0 atom stereocenters. The molecule has 1 saturated carbocycles. The van der Waals surface area contributed by atoms with Crippen LogP contribution in [0.25, 0.3) is 0 Å². The highest BCUT2D eigenvalue weighted by Gasteiger charge is 2.34. The number of sulfonamides is 1. The molecule has 1 fully saturated rings. The quantitative estimate of drug-likeness (QED) is 0.465. The predicted molar refractivity (Wildman–Crippen MR) is 115 cm³/mol. The molecule has 1 aromatic rings. The number of rotatable bonds is 7. The van der Waals surface area contributed by atoms with Gasteiger partial charge in [0.1, 0.15) is 23.9 Å². The van der Waals surface area contributed by atoms with E-state index in [1.54, 1.807) is 20.8 Å². The second kappa shape index (κ2) is 10.1. The Bertz CT molecular complexity index is 968. The molecule has 0 unspecified atom stereocenters. The first-order valence-electron chi connectivity index (χ1n) is 10.1. The monoisotopic (exact) mass is 472 g/mol. The molecule has 0 aliphatic heterocycles. The summed E-state index contributed by atoms with van der Waals surface area (Å²) in [7, 11) is -4.19. The number of nitro groups is 1. The highest BCUT2D eigenvalue weighted by molar-refractivity contribution is 7.92. The van der Waals surface area contributed by atoms with E-state index in [2.05, 4.69) is 10.3 Å². The van der Waals surface area contributed by atoms with Crippen LogP contribution >= 0.6 is 0 Å². The van der Waals surface area contributed by atoms with E-state index in [-0.39, 0.29) is 17.7 Å². The topological polar surface area (TPSA) is 158 Å². The number of hydrogen-bond donors (Lipinski definition) is 1. The number of alkyl carbamates (subject to hydrolysis) is 1. The van der Waals surface area contributed by atoms with Gasteiger partial charge in [0.25, 0.3) is 5.91 Å². The molecule has 13 heteroatoms. The molecule has 1 aliphatic rings. The van der Waals surface area contributed by atoms with Crippen LogP contribution in [0.15, 0.2) is 12.1 Å². The van der Waals surface area contributed by atoms with Gasteiger partial charge in [-0.05, 0) is 57.4 Å². The van der Waals surface area contributed by atoms with E-state index in [9.17, 15) is 28.1 Å². The first kappa shape index (κ1) is 25.3. The van der Waals surface area contributed by atoms with Gasteiger partial charge in [-0.3, -0.25) is 4.79 Å². The van der Waals surface area contributed by atoms with Gasteiger partial charge in [-0.2, -0.15) is 4.31 Å². The maximum atomic E-state index is 12.8. The molecular weight excluding hydrogens is 444 g/mol. The van der Waals surface area contributed by atoms with E-state index in [0.29, 0.717) is 17.1 Å². The van der Waals surface area contributed by atoms with Crippen LogP contribution in [0.1, 0.15) is 52.9 Å². The fourth-order valence-corrected chi connectivity index (χ4v) is 4.07. The number of carbonyl (C=O) groups is 2. The highest BCUT2D eigenvalue weighted by Crippen LogP contribution is 2.33. The molecule has 1 aromatic heterocycles. The number of nitrogens with one attached hydrogen (secondary N) is 1. The van der Waals surface area contributed by atoms with Crippen molar-refractivity contribution in [2.75, 3.05) is 17.1 Å². The van der Waals surface area contributed by atoms with E-state index in [0.717, 1.165) is 37.7 Å². The van der Waals surface area contributed by atoms with Crippen molar-refractivity contribution in [2.45, 2.75) is 64.6 Å². The Morgan fingerprint density at radius 2 is 1.88 bits per heavy atom. The van der Waals surface area contributed by atoms with Gasteiger partial charge >= 0.3 is 17.8 Å². The number of pyridine rings is 1. The molecule has 0 radical (unpaired) electrons. The van der Waals surface area contributed by atoms with Crippen LogP contribution in [0, 0.1) is 10.1 Å². The first-order chi connectivity index (χ1) is 14.8. The SMILES string of the molecule is CC(C)(C)OC(=O)NCC(=O)N(c1ccc([N+](=O)[O-])nc1OC1CCCCC1)S(C)(=O)=O. The Hall–Kier alpha value is -2.96. The summed E-state index contributed by atoms with van der Waals surface area (Å²) in [5.41, 5.74) is -1.08. The number of nitrogens with zero attached hydrogens (tertiary/aromatic N) is 3. The van der Waals surface area contributed by atoms with Crippen molar-refractivity contribution >= 4 is 33.5 Å². The normalized spacial score (nSPS) is 15.0. The Morgan fingerprint density at radius 1 is 1.25 bits per heavy atom. The largest absolute Gasteiger partial charge is 0.455 e. The van der Waals surface area contributed by atoms with Gasteiger partial charge in [0.15, 0.2) is 0 Å². The van der Waals surface area contributed by atoms with Crippen molar-refractivity contribution in [1.29, 1.82) is 0 Å². The molecular formula is C19H28N4O8S. The molecule has 1 N–H and O–H groups in total. The molecule has 2 rings (SSSR count). The minimum atomic E-state index is -4.19. The van der Waals surface area contributed by atoms with Gasteiger partial charge in [0.05, 0.1) is 6.26 Å². The van der Waals surface area contributed by atoms with Crippen molar-refractivity contribution in [2.24, 2.45) is 0 Å². The van der Waals surface area contributed by atoms with Gasteiger partial charge < -0.3 is 24.9 Å². The standard InChI is InChI=1S/C19H28N4O8S/c1-19(2,3)31-18(25)20-12-16(24)22(32(4,28)29)14-10-11-15(23(26)27)21-17(14)30-13-8-6-5-7-9-13/h10-11,13H,5-9,12H2,1-4H3,(H,20,25). The summed E-state index contributed by atoms with van der Waals surface area (Å²) in [6.07, 6.45) is 3.75. The minimum absolute atomic E-state index is 0.264. The highest BCUT2D eigenvalue weighted by atomic mass is 32.2.